The highest BCUT2D eigenvalue weighted by Crippen LogP contribution is 2.24. The summed E-state index contributed by atoms with van der Waals surface area (Å²) in [6, 6.07) is 6.23. The van der Waals surface area contributed by atoms with E-state index in [-0.39, 0.29) is 12.3 Å². The smallest absolute Gasteiger partial charge is 0.229 e. The van der Waals surface area contributed by atoms with Crippen molar-refractivity contribution < 1.29 is 9.32 Å². The van der Waals surface area contributed by atoms with Gasteiger partial charge in [-0.05, 0) is 51.6 Å². The second-order valence-corrected chi connectivity index (χ2v) is 6.82. The number of rotatable bonds is 4. The summed E-state index contributed by atoms with van der Waals surface area (Å²) in [5.41, 5.74) is 4.78. The molecule has 0 aliphatic carbocycles. The van der Waals surface area contributed by atoms with Gasteiger partial charge in [0.2, 0.25) is 5.91 Å². The predicted octanol–water partition coefficient (Wildman–Crippen LogP) is 2.53. The Balaban J connectivity index is 1.66. The quantitative estimate of drug-likeness (QED) is 0.925. The van der Waals surface area contributed by atoms with Crippen LogP contribution < -0.4 is 10.2 Å². The zero-order valence-corrected chi connectivity index (χ0v) is 15.4. The SMILES string of the molecule is Cc1cc(N2CCN(C)CC2)ccc1NC(=O)Cc1c(C)noc1C. The number of likely N-dealkylation sites (N-methyl/N-ethyl adjacent to an activating group) is 1. The van der Waals surface area contributed by atoms with Crippen LogP contribution in [0.2, 0.25) is 0 Å². The third-order valence-corrected chi connectivity index (χ3v) is 4.87. The van der Waals surface area contributed by atoms with E-state index in [9.17, 15) is 4.79 Å². The van der Waals surface area contributed by atoms with Crippen molar-refractivity contribution in [2.75, 3.05) is 43.4 Å². The lowest BCUT2D eigenvalue weighted by Crippen LogP contribution is -2.44. The molecule has 0 saturated carbocycles. The summed E-state index contributed by atoms with van der Waals surface area (Å²) in [6.07, 6.45) is 0.279. The molecule has 1 aliphatic rings. The number of nitrogens with one attached hydrogen (secondary N) is 1. The largest absolute Gasteiger partial charge is 0.369 e. The zero-order valence-electron chi connectivity index (χ0n) is 15.4. The summed E-state index contributed by atoms with van der Waals surface area (Å²) in [5.74, 6) is 0.652. The van der Waals surface area contributed by atoms with Gasteiger partial charge in [-0.1, -0.05) is 5.16 Å². The molecule has 1 aromatic carbocycles. The Labute approximate surface area is 148 Å². The van der Waals surface area contributed by atoms with Crippen LogP contribution in [0.3, 0.4) is 0 Å². The molecule has 134 valence electrons. The van der Waals surface area contributed by atoms with Crippen molar-refractivity contribution in [2.24, 2.45) is 0 Å². The van der Waals surface area contributed by atoms with Gasteiger partial charge in [0.25, 0.3) is 0 Å². The van der Waals surface area contributed by atoms with E-state index in [0.29, 0.717) is 5.76 Å². The predicted molar refractivity (Wildman–Crippen MR) is 99.2 cm³/mol. The molecule has 1 N–H and O–H groups in total. The first-order valence-corrected chi connectivity index (χ1v) is 8.70. The molecule has 0 unspecified atom stereocenters. The van der Waals surface area contributed by atoms with E-state index in [1.54, 1.807) is 0 Å². The minimum atomic E-state index is -0.0511. The van der Waals surface area contributed by atoms with Crippen LogP contribution in [0, 0.1) is 20.8 Å². The molecule has 6 heteroatoms. The first-order chi connectivity index (χ1) is 11.9. The molecule has 3 rings (SSSR count). The Morgan fingerprint density at radius 1 is 1.20 bits per heavy atom. The first kappa shape index (κ1) is 17.5. The molecular formula is C19H26N4O2. The number of anilines is 2. The van der Waals surface area contributed by atoms with Gasteiger partial charge in [-0.2, -0.15) is 0 Å². The van der Waals surface area contributed by atoms with Crippen LogP contribution >= 0.6 is 0 Å². The van der Waals surface area contributed by atoms with Gasteiger partial charge in [-0.25, -0.2) is 0 Å². The number of amides is 1. The summed E-state index contributed by atoms with van der Waals surface area (Å²) in [6.45, 7) is 9.95. The summed E-state index contributed by atoms with van der Waals surface area (Å²) < 4.78 is 5.12. The van der Waals surface area contributed by atoms with Gasteiger partial charge >= 0.3 is 0 Å². The zero-order chi connectivity index (χ0) is 18.0. The maximum atomic E-state index is 12.4. The number of benzene rings is 1. The highest BCUT2D eigenvalue weighted by Gasteiger charge is 2.16. The number of aryl methyl sites for hydroxylation is 3. The van der Waals surface area contributed by atoms with Crippen LogP contribution in [-0.4, -0.2) is 49.2 Å². The molecule has 1 fully saturated rings. The molecule has 25 heavy (non-hydrogen) atoms. The lowest BCUT2D eigenvalue weighted by Gasteiger charge is -2.34. The molecule has 1 aromatic heterocycles. The number of hydrogen-bond donors (Lipinski definition) is 1. The number of nitrogens with zero attached hydrogens (tertiary/aromatic N) is 3. The van der Waals surface area contributed by atoms with E-state index in [2.05, 4.69) is 39.5 Å². The minimum Gasteiger partial charge on any atom is -0.369 e. The summed E-state index contributed by atoms with van der Waals surface area (Å²) in [4.78, 5) is 17.1. The van der Waals surface area contributed by atoms with E-state index in [0.717, 1.165) is 48.7 Å². The molecule has 2 heterocycles. The Hall–Kier alpha value is -2.34. The van der Waals surface area contributed by atoms with Crippen LogP contribution in [0.4, 0.5) is 11.4 Å². The summed E-state index contributed by atoms with van der Waals surface area (Å²) in [5, 5.41) is 6.90. The summed E-state index contributed by atoms with van der Waals surface area (Å²) in [7, 11) is 2.15. The van der Waals surface area contributed by atoms with E-state index < -0.39 is 0 Å². The normalized spacial score (nSPS) is 15.4. The Morgan fingerprint density at radius 3 is 2.52 bits per heavy atom. The number of carbonyl (C=O) groups is 1. The van der Waals surface area contributed by atoms with Crippen LogP contribution in [0.5, 0.6) is 0 Å². The van der Waals surface area contributed by atoms with E-state index in [1.165, 1.54) is 5.69 Å². The summed E-state index contributed by atoms with van der Waals surface area (Å²) >= 11 is 0. The third kappa shape index (κ3) is 4.02. The molecule has 0 atom stereocenters. The van der Waals surface area contributed by atoms with Crippen LogP contribution in [-0.2, 0) is 11.2 Å². The molecule has 1 saturated heterocycles. The first-order valence-electron chi connectivity index (χ1n) is 8.70. The molecular weight excluding hydrogens is 316 g/mol. The fourth-order valence-electron chi connectivity index (χ4n) is 3.16. The van der Waals surface area contributed by atoms with Crippen molar-refractivity contribution >= 4 is 17.3 Å². The van der Waals surface area contributed by atoms with E-state index in [4.69, 9.17) is 4.52 Å². The highest BCUT2D eigenvalue weighted by atomic mass is 16.5. The molecule has 2 aromatic rings. The number of hydrogen-bond acceptors (Lipinski definition) is 5. The molecule has 6 nitrogen and oxygen atoms in total. The lowest BCUT2D eigenvalue weighted by molar-refractivity contribution is -0.115. The second-order valence-electron chi connectivity index (χ2n) is 6.82. The molecule has 0 radical (unpaired) electrons. The standard InChI is InChI=1S/C19H26N4O2/c1-13-11-16(23-9-7-22(4)8-10-23)5-6-18(13)20-19(24)12-17-14(2)21-25-15(17)3/h5-6,11H,7-10,12H2,1-4H3,(H,20,24). The monoisotopic (exact) mass is 342 g/mol. The third-order valence-electron chi connectivity index (χ3n) is 4.87. The molecule has 1 aliphatic heterocycles. The van der Waals surface area contributed by atoms with Crippen LogP contribution in [0.25, 0.3) is 0 Å². The van der Waals surface area contributed by atoms with Gasteiger partial charge < -0.3 is 19.6 Å². The lowest BCUT2D eigenvalue weighted by atomic mass is 10.1. The van der Waals surface area contributed by atoms with Gasteiger partial charge in [0, 0.05) is 43.1 Å². The maximum Gasteiger partial charge on any atom is 0.229 e. The Kier molecular flexibility index (Phi) is 5.08. The fourth-order valence-corrected chi connectivity index (χ4v) is 3.16. The van der Waals surface area contributed by atoms with Gasteiger partial charge in [-0.3, -0.25) is 4.79 Å². The van der Waals surface area contributed by atoms with Gasteiger partial charge in [0.05, 0.1) is 12.1 Å². The van der Waals surface area contributed by atoms with Crippen molar-refractivity contribution in [3.8, 4) is 0 Å². The minimum absolute atomic E-state index is 0.0511. The van der Waals surface area contributed by atoms with Crippen molar-refractivity contribution in [1.29, 1.82) is 0 Å². The molecule has 0 bridgehead atoms. The number of piperazine rings is 1. The number of carbonyl (C=O) groups excluding carboxylic acids is 1. The Bertz CT molecular complexity index is 741. The molecule has 0 spiro atoms. The fraction of sp³-hybridized carbons (Fsp3) is 0.474. The highest BCUT2D eigenvalue weighted by molar-refractivity contribution is 5.93. The van der Waals surface area contributed by atoms with Gasteiger partial charge in [0.15, 0.2) is 0 Å². The Morgan fingerprint density at radius 2 is 1.92 bits per heavy atom. The van der Waals surface area contributed by atoms with Gasteiger partial charge in [0.1, 0.15) is 5.76 Å². The maximum absolute atomic E-state index is 12.4. The van der Waals surface area contributed by atoms with E-state index in [1.807, 2.05) is 26.8 Å². The van der Waals surface area contributed by atoms with Crippen LogP contribution in [0.1, 0.15) is 22.6 Å². The molecule has 1 amide bonds. The van der Waals surface area contributed by atoms with E-state index >= 15 is 0 Å². The van der Waals surface area contributed by atoms with Crippen molar-refractivity contribution in [2.45, 2.75) is 27.2 Å². The van der Waals surface area contributed by atoms with Gasteiger partial charge in [-0.15, -0.1) is 0 Å². The van der Waals surface area contributed by atoms with Crippen molar-refractivity contribution in [3.05, 3.63) is 40.8 Å². The average molecular weight is 342 g/mol. The van der Waals surface area contributed by atoms with Crippen LogP contribution in [0.15, 0.2) is 22.7 Å². The van der Waals surface area contributed by atoms with Crippen molar-refractivity contribution in [1.82, 2.24) is 10.1 Å². The topological polar surface area (TPSA) is 61.6 Å². The second kappa shape index (κ2) is 7.27. The number of aromatic nitrogens is 1. The average Bonchev–Trinajstić information content (AvgIpc) is 2.89. The van der Waals surface area contributed by atoms with Crippen molar-refractivity contribution in [3.63, 3.8) is 0 Å².